The number of carbonyl (C=O) groups excluding carboxylic acids is 1. The highest BCUT2D eigenvalue weighted by molar-refractivity contribution is 7.14. The fraction of sp³-hybridized carbons (Fsp3) is 0.273. The van der Waals surface area contributed by atoms with Crippen molar-refractivity contribution in [3.8, 4) is 27.7 Å². The number of aromatic carboxylic acids is 1. The molecule has 30 heavy (non-hydrogen) atoms. The molecule has 0 saturated carbocycles. The van der Waals surface area contributed by atoms with E-state index < -0.39 is 5.97 Å². The fourth-order valence-corrected chi connectivity index (χ4v) is 3.90. The second kappa shape index (κ2) is 9.49. The lowest BCUT2D eigenvalue weighted by Gasteiger charge is -2.12. The predicted octanol–water partition coefficient (Wildman–Crippen LogP) is 5.02. The molecule has 2 N–H and O–H groups in total. The molecule has 0 spiro atoms. The minimum Gasteiger partial charge on any atom is -0.496 e. The average Bonchev–Trinajstić information content (AvgIpc) is 3.20. The number of rotatable bonds is 8. The number of nitrogens with zero attached hydrogens (tertiary/aromatic N) is 2. The number of hydrogen-bond acceptors (Lipinski definition) is 6. The van der Waals surface area contributed by atoms with Crippen LogP contribution in [0.4, 0.5) is 5.69 Å². The molecular weight excluding hydrogens is 402 g/mol. The molecule has 7 nitrogen and oxygen atoms in total. The van der Waals surface area contributed by atoms with Gasteiger partial charge in [-0.05, 0) is 37.6 Å². The van der Waals surface area contributed by atoms with Gasteiger partial charge in [-0.15, -0.1) is 11.3 Å². The lowest BCUT2D eigenvalue weighted by Crippen LogP contribution is -2.09. The van der Waals surface area contributed by atoms with Crippen molar-refractivity contribution in [3.63, 3.8) is 0 Å². The van der Waals surface area contributed by atoms with E-state index in [9.17, 15) is 14.7 Å². The number of carboxylic acid groups (broad SMARTS) is 1. The Morgan fingerprint density at radius 2 is 2.07 bits per heavy atom. The fourth-order valence-electron chi connectivity index (χ4n) is 3.09. The van der Waals surface area contributed by atoms with Crippen molar-refractivity contribution in [2.24, 2.45) is 0 Å². The second-order valence-corrected chi connectivity index (χ2v) is 7.65. The van der Waals surface area contributed by atoms with Crippen molar-refractivity contribution < 1.29 is 19.4 Å². The van der Waals surface area contributed by atoms with E-state index in [0.29, 0.717) is 29.1 Å². The summed E-state index contributed by atoms with van der Waals surface area (Å²) in [6.45, 7) is 3.83. The number of hydrogen-bond donors (Lipinski definition) is 2. The Bertz CT molecular complexity index is 1080. The van der Waals surface area contributed by atoms with Gasteiger partial charge in [0.1, 0.15) is 11.3 Å². The van der Waals surface area contributed by atoms with Gasteiger partial charge in [-0.3, -0.25) is 4.79 Å². The normalized spacial score (nSPS) is 10.6. The zero-order valence-electron chi connectivity index (χ0n) is 17.1. The molecule has 0 aliphatic heterocycles. The maximum Gasteiger partial charge on any atom is 0.339 e. The van der Waals surface area contributed by atoms with E-state index in [-0.39, 0.29) is 11.5 Å². The standard InChI is InChI=1S/C22H23N3O4S/c1-4-5-6-19(26)24-14-11-18(30-12-14)17-9-10-23-21(25-17)15-7-8-16(22(27)28)20(29-3)13(15)2/h7-12H,4-6H2,1-3H3,(H,24,26)(H,27,28). The molecule has 2 aromatic heterocycles. The molecule has 3 rings (SSSR count). The third-order valence-corrected chi connectivity index (χ3v) is 5.58. The second-order valence-electron chi connectivity index (χ2n) is 6.74. The van der Waals surface area contributed by atoms with E-state index in [0.717, 1.165) is 29.1 Å². The van der Waals surface area contributed by atoms with Gasteiger partial charge >= 0.3 is 5.97 Å². The molecular formula is C22H23N3O4S. The maximum absolute atomic E-state index is 11.9. The van der Waals surface area contributed by atoms with Gasteiger partial charge in [0.2, 0.25) is 5.91 Å². The van der Waals surface area contributed by atoms with Crippen LogP contribution in [0.25, 0.3) is 22.0 Å². The number of thiophene rings is 1. The number of carbonyl (C=O) groups is 2. The molecule has 0 bridgehead atoms. The van der Waals surface area contributed by atoms with E-state index >= 15 is 0 Å². The number of aromatic nitrogens is 2. The lowest BCUT2D eigenvalue weighted by molar-refractivity contribution is -0.116. The topological polar surface area (TPSA) is 101 Å². The Kier molecular flexibility index (Phi) is 6.79. The number of carboxylic acids is 1. The molecule has 2 heterocycles. The number of methoxy groups -OCH3 is 1. The zero-order chi connectivity index (χ0) is 21.7. The highest BCUT2D eigenvalue weighted by Gasteiger charge is 2.18. The van der Waals surface area contributed by atoms with Crippen LogP contribution in [-0.4, -0.2) is 34.1 Å². The van der Waals surface area contributed by atoms with Gasteiger partial charge in [0.15, 0.2) is 5.82 Å². The number of benzene rings is 1. The van der Waals surface area contributed by atoms with E-state index in [1.54, 1.807) is 25.3 Å². The summed E-state index contributed by atoms with van der Waals surface area (Å²) in [5.41, 5.74) is 2.92. The molecule has 0 aliphatic carbocycles. The van der Waals surface area contributed by atoms with Gasteiger partial charge < -0.3 is 15.2 Å². The molecule has 0 radical (unpaired) electrons. The van der Waals surface area contributed by atoms with Crippen LogP contribution in [0.3, 0.4) is 0 Å². The van der Waals surface area contributed by atoms with E-state index in [2.05, 4.69) is 22.2 Å². The summed E-state index contributed by atoms with van der Waals surface area (Å²) in [7, 11) is 1.44. The monoisotopic (exact) mass is 425 g/mol. The van der Waals surface area contributed by atoms with Gasteiger partial charge in [0, 0.05) is 29.1 Å². The van der Waals surface area contributed by atoms with Crippen LogP contribution in [-0.2, 0) is 4.79 Å². The van der Waals surface area contributed by atoms with E-state index in [1.165, 1.54) is 24.5 Å². The van der Waals surface area contributed by atoms with Crippen molar-refractivity contribution in [1.29, 1.82) is 0 Å². The predicted molar refractivity (Wildman–Crippen MR) is 117 cm³/mol. The van der Waals surface area contributed by atoms with Crippen LogP contribution < -0.4 is 10.1 Å². The van der Waals surface area contributed by atoms with Gasteiger partial charge in [0.25, 0.3) is 0 Å². The van der Waals surface area contributed by atoms with Gasteiger partial charge in [-0.1, -0.05) is 13.3 Å². The van der Waals surface area contributed by atoms with Crippen LogP contribution in [0, 0.1) is 6.92 Å². The van der Waals surface area contributed by atoms with Crippen LogP contribution in [0.2, 0.25) is 0 Å². The smallest absolute Gasteiger partial charge is 0.339 e. The summed E-state index contributed by atoms with van der Waals surface area (Å²) in [5.74, 6) is -0.279. The summed E-state index contributed by atoms with van der Waals surface area (Å²) in [6.07, 6.45) is 4.01. The largest absolute Gasteiger partial charge is 0.496 e. The van der Waals surface area contributed by atoms with Gasteiger partial charge in [0.05, 0.1) is 23.4 Å². The SMILES string of the molecule is CCCCC(=O)Nc1csc(-c2ccnc(-c3ccc(C(=O)O)c(OC)c3C)n2)c1. The number of anilines is 1. The third-order valence-electron chi connectivity index (χ3n) is 4.63. The molecule has 8 heteroatoms. The quantitative estimate of drug-likeness (QED) is 0.526. The highest BCUT2D eigenvalue weighted by Crippen LogP contribution is 2.34. The van der Waals surface area contributed by atoms with E-state index in [1.807, 2.05) is 11.4 Å². The lowest BCUT2D eigenvalue weighted by atomic mass is 10.0. The number of nitrogens with one attached hydrogen (secondary N) is 1. The summed E-state index contributed by atoms with van der Waals surface area (Å²) in [6, 6.07) is 6.88. The van der Waals surface area contributed by atoms with Crippen molar-refractivity contribution in [1.82, 2.24) is 9.97 Å². The van der Waals surface area contributed by atoms with E-state index in [4.69, 9.17) is 4.74 Å². The summed E-state index contributed by atoms with van der Waals surface area (Å²) in [5, 5.41) is 14.1. The Hall–Kier alpha value is -3.26. The summed E-state index contributed by atoms with van der Waals surface area (Å²) in [4.78, 5) is 33.3. The molecule has 156 valence electrons. The molecule has 0 saturated heterocycles. The zero-order valence-corrected chi connectivity index (χ0v) is 17.9. The maximum atomic E-state index is 11.9. The Labute approximate surface area is 178 Å². The van der Waals surface area contributed by atoms with Crippen LogP contribution in [0.1, 0.15) is 42.1 Å². The molecule has 1 amide bonds. The number of unbranched alkanes of at least 4 members (excludes halogenated alkanes) is 1. The highest BCUT2D eigenvalue weighted by atomic mass is 32.1. The molecule has 0 fully saturated rings. The summed E-state index contributed by atoms with van der Waals surface area (Å²) >= 11 is 1.48. The first-order chi connectivity index (χ1) is 14.4. The molecule has 1 aromatic carbocycles. The molecule has 0 atom stereocenters. The first kappa shape index (κ1) is 21.4. The Balaban J connectivity index is 1.89. The van der Waals surface area contributed by atoms with Crippen LogP contribution in [0.5, 0.6) is 5.75 Å². The average molecular weight is 426 g/mol. The minimum atomic E-state index is -1.05. The molecule has 0 unspecified atom stereocenters. The Morgan fingerprint density at radius 1 is 1.27 bits per heavy atom. The van der Waals surface area contributed by atoms with Crippen molar-refractivity contribution in [2.45, 2.75) is 33.1 Å². The first-order valence-corrected chi connectivity index (χ1v) is 10.5. The van der Waals surface area contributed by atoms with Crippen molar-refractivity contribution >= 4 is 28.9 Å². The number of ether oxygens (including phenoxy) is 1. The molecule has 0 aliphatic rings. The summed E-state index contributed by atoms with van der Waals surface area (Å²) < 4.78 is 5.31. The molecule has 3 aromatic rings. The van der Waals surface area contributed by atoms with Crippen LogP contribution in [0.15, 0.2) is 35.8 Å². The van der Waals surface area contributed by atoms with Crippen molar-refractivity contribution in [3.05, 3.63) is 47.0 Å². The minimum absolute atomic E-state index is 0.00539. The van der Waals surface area contributed by atoms with Crippen LogP contribution >= 0.6 is 11.3 Å². The van der Waals surface area contributed by atoms with Crippen molar-refractivity contribution in [2.75, 3.05) is 12.4 Å². The van der Waals surface area contributed by atoms with Gasteiger partial charge in [-0.2, -0.15) is 0 Å². The van der Waals surface area contributed by atoms with Gasteiger partial charge in [-0.25, -0.2) is 14.8 Å². The Morgan fingerprint density at radius 3 is 2.77 bits per heavy atom. The third kappa shape index (κ3) is 4.65. The number of amides is 1. The first-order valence-electron chi connectivity index (χ1n) is 9.57.